The molecule has 0 spiro atoms. The zero-order valence-corrected chi connectivity index (χ0v) is 17.6. The van der Waals surface area contributed by atoms with Crippen molar-refractivity contribution in [2.24, 2.45) is 0 Å². The summed E-state index contributed by atoms with van der Waals surface area (Å²) >= 11 is 0. The predicted octanol–water partition coefficient (Wildman–Crippen LogP) is 1.74. The minimum absolute atomic E-state index is 0. The van der Waals surface area contributed by atoms with E-state index in [1.54, 1.807) is 60.7 Å². The molecule has 1 radical (unpaired) electrons. The Balaban J connectivity index is 0.00000364. The maximum absolute atomic E-state index is 12.0. The van der Waals surface area contributed by atoms with Gasteiger partial charge < -0.3 is 9.47 Å². The largest absolute Gasteiger partial charge is 0.461 e. The summed E-state index contributed by atoms with van der Waals surface area (Å²) in [6.45, 7) is -0.248. The van der Waals surface area contributed by atoms with Gasteiger partial charge in [-0.15, -0.1) is 0 Å². The molecular formula is C18H18NaO7S. The Morgan fingerprint density at radius 1 is 0.852 bits per heavy atom. The van der Waals surface area contributed by atoms with E-state index in [4.69, 9.17) is 9.47 Å². The zero-order chi connectivity index (χ0) is 19.0. The number of benzene rings is 2. The third kappa shape index (κ3) is 8.23. The Morgan fingerprint density at radius 3 is 1.74 bits per heavy atom. The minimum Gasteiger partial charge on any atom is -0.461 e. The van der Waals surface area contributed by atoms with Crippen LogP contribution in [-0.2, 0) is 42.4 Å². The van der Waals surface area contributed by atoms with Crippen LogP contribution in [0.3, 0.4) is 0 Å². The number of hydrogen-bond acceptors (Lipinski definition) is 6. The topological polar surface area (TPSA) is 107 Å². The van der Waals surface area contributed by atoms with Crippen LogP contribution in [-0.4, -0.2) is 59.7 Å². The second-order valence-corrected chi connectivity index (χ2v) is 7.05. The fourth-order valence-corrected chi connectivity index (χ4v) is 2.74. The molecule has 27 heavy (non-hydrogen) atoms. The van der Waals surface area contributed by atoms with Gasteiger partial charge in [0.05, 0.1) is 6.42 Å². The molecule has 2 aromatic carbocycles. The third-order valence-corrected chi connectivity index (χ3v) is 4.52. The minimum atomic E-state index is -4.82. The van der Waals surface area contributed by atoms with Crippen LogP contribution in [0, 0.1) is 0 Å². The molecule has 0 bridgehead atoms. The summed E-state index contributed by atoms with van der Waals surface area (Å²) in [6, 6.07) is 17.3. The molecule has 0 aliphatic rings. The Kier molecular flexibility index (Phi) is 9.68. The molecule has 0 aliphatic heterocycles. The van der Waals surface area contributed by atoms with Gasteiger partial charge in [-0.05, 0) is 11.1 Å². The monoisotopic (exact) mass is 401 g/mol. The number of carbonyl (C=O) groups is 2. The van der Waals surface area contributed by atoms with Crippen molar-refractivity contribution in [1.82, 2.24) is 0 Å². The summed E-state index contributed by atoms with van der Waals surface area (Å²) in [5, 5.41) is -2.03. The molecule has 7 nitrogen and oxygen atoms in total. The first-order valence-electron chi connectivity index (χ1n) is 7.72. The van der Waals surface area contributed by atoms with Crippen LogP contribution in [0.2, 0.25) is 0 Å². The summed E-state index contributed by atoms with van der Waals surface area (Å²) in [5.41, 5.74) is 1.34. The standard InChI is InChI=1S/C18H18O7S.Na/c19-17(24-12-14-7-3-1-4-8-14)11-16(26(21,22)23)18(20)25-13-15-9-5-2-6-10-15;/h1-10,16H,11-13H2,(H,21,22,23);. The van der Waals surface area contributed by atoms with E-state index in [0.29, 0.717) is 11.1 Å². The molecule has 0 aromatic heterocycles. The van der Waals surface area contributed by atoms with E-state index in [2.05, 4.69) is 0 Å². The molecule has 0 heterocycles. The van der Waals surface area contributed by atoms with Crippen LogP contribution in [0.25, 0.3) is 0 Å². The maximum Gasteiger partial charge on any atom is 0.327 e. The van der Waals surface area contributed by atoms with Crippen LogP contribution in [0.5, 0.6) is 0 Å². The molecule has 2 rings (SSSR count). The third-order valence-electron chi connectivity index (χ3n) is 3.44. The van der Waals surface area contributed by atoms with Crippen molar-refractivity contribution in [2.75, 3.05) is 0 Å². The van der Waals surface area contributed by atoms with Crippen LogP contribution in [0.4, 0.5) is 0 Å². The zero-order valence-electron chi connectivity index (χ0n) is 14.8. The second-order valence-electron chi connectivity index (χ2n) is 5.45. The SMILES string of the molecule is O=C(CC(C(=O)OCc1ccccc1)S(=O)(=O)O)OCc1ccccc1.[Na]. The van der Waals surface area contributed by atoms with Crippen LogP contribution in [0.1, 0.15) is 17.5 Å². The molecule has 1 atom stereocenters. The van der Waals surface area contributed by atoms with E-state index in [1.165, 1.54) is 0 Å². The molecular weight excluding hydrogens is 383 g/mol. The summed E-state index contributed by atoms with van der Waals surface area (Å²) in [5.74, 6) is -2.15. The predicted molar refractivity (Wildman–Crippen MR) is 98.2 cm³/mol. The molecule has 1 unspecified atom stereocenters. The molecule has 0 fully saturated rings. The summed E-state index contributed by atoms with van der Waals surface area (Å²) in [7, 11) is -4.82. The summed E-state index contributed by atoms with van der Waals surface area (Å²) in [6.07, 6.45) is -0.834. The van der Waals surface area contributed by atoms with Crippen LogP contribution in [0.15, 0.2) is 60.7 Å². The normalized spacial score (nSPS) is 11.7. The van der Waals surface area contributed by atoms with E-state index < -0.39 is 33.7 Å². The summed E-state index contributed by atoms with van der Waals surface area (Å²) < 4.78 is 42.0. The van der Waals surface area contributed by atoms with Gasteiger partial charge in [0.1, 0.15) is 13.2 Å². The van der Waals surface area contributed by atoms with Crippen molar-refractivity contribution >= 4 is 51.6 Å². The quantitative estimate of drug-likeness (QED) is 0.408. The first-order valence-corrected chi connectivity index (χ1v) is 9.23. The van der Waals surface area contributed by atoms with Crippen molar-refractivity contribution < 1.29 is 32.0 Å². The molecule has 2 aromatic rings. The number of ether oxygens (including phenoxy) is 2. The summed E-state index contributed by atoms with van der Waals surface area (Å²) in [4.78, 5) is 23.9. The molecule has 0 aliphatic carbocycles. The van der Waals surface area contributed by atoms with Crippen molar-refractivity contribution in [3.8, 4) is 0 Å². The molecule has 0 saturated carbocycles. The van der Waals surface area contributed by atoms with E-state index in [0.717, 1.165) is 0 Å². The number of esters is 2. The molecule has 139 valence electrons. The Bertz CT molecular complexity index is 839. The average molecular weight is 401 g/mol. The average Bonchev–Trinajstić information content (AvgIpc) is 2.63. The van der Waals surface area contributed by atoms with E-state index in [9.17, 15) is 22.6 Å². The maximum atomic E-state index is 12.0. The number of carbonyl (C=O) groups excluding carboxylic acids is 2. The smallest absolute Gasteiger partial charge is 0.327 e. The van der Waals surface area contributed by atoms with Gasteiger partial charge >= 0.3 is 11.9 Å². The van der Waals surface area contributed by atoms with Crippen molar-refractivity contribution in [2.45, 2.75) is 24.9 Å². The Morgan fingerprint density at radius 2 is 1.30 bits per heavy atom. The van der Waals surface area contributed by atoms with Gasteiger partial charge in [0, 0.05) is 29.6 Å². The van der Waals surface area contributed by atoms with E-state index in [1.807, 2.05) is 0 Å². The molecule has 0 saturated heterocycles. The van der Waals surface area contributed by atoms with E-state index in [-0.39, 0.29) is 42.8 Å². The van der Waals surface area contributed by atoms with Crippen molar-refractivity contribution in [1.29, 1.82) is 0 Å². The van der Waals surface area contributed by atoms with Gasteiger partial charge in [-0.25, -0.2) is 0 Å². The Labute approximate surface area is 179 Å². The first-order chi connectivity index (χ1) is 12.4. The Hall–Kier alpha value is -1.71. The van der Waals surface area contributed by atoms with Gasteiger partial charge in [-0.3, -0.25) is 14.1 Å². The van der Waals surface area contributed by atoms with Crippen molar-refractivity contribution in [3.63, 3.8) is 0 Å². The molecule has 1 N–H and O–H groups in total. The number of hydrogen-bond donors (Lipinski definition) is 1. The van der Waals surface area contributed by atoms with Crippen molar-refractivity contribution in [3.05, 3.63) is 71.8 Å². The number of rotatable bonds is 8. The molecule has 0 amide bonds. The molecule has 9 heteroatoms. The van der Waals surface area contributed by atoms with Gasteiger partial charge in [0.15, 0.2) is 5.25 Å². The van der Waals surface area contributed by atoms with Gasteiger partial charge in [0.2, 0.25) is 0 Å². The second kappa shape index (κ2) is 11.2. The fraction of sp³-hybridized carbons (Fsp3) is 0.222. The fourth-order valence-electron chi connectivity index (χ4n) is 2.08. The van der Waals surface area contributed by atoms with Crippen LogP contribution >= 0.6 is 0 Å². The van der Waals surface area contributed by atoms with Crippen LogP contribution < -0.4 is 0 Å². The van der Waals surface area contributed by atoms with E-state index >= 15 is 0 Å². The van der Waals surface area contributed by atoms with Gasteiger partial charge in [-0.2, -0.15) is 8.42 Å². The van der Waals surface area contributed by atoms with Gasteiger partial charge in [0.25, 0.3) is 10.1 Å². The first kappa shape index (κ1) is 23.3. The van der Waals surface area contributed by atoms with Gasteiger partial charge in [-0.1, -0.05) is 60.7 Å².